The highest BCUT2D eigenvalue weighted by atomic mass is 19.1. The summed E-state index contributed by atoms with van der Waals surface area (Å²) in [7, 11) is 0. The smallest absolute Gasteiger partial charge is 0.146 e. The van der Waals surface area contributed by atoms with E-state index in [1.165, 1.54) is 32.1 Å². The van der Waals surface area contributed by atoms with Gasteiger partial charge in [-0.3, -0.25) is 0 Å². The molecule has 20 heavy (non-hydrogen) atoms. The Balaban J connectivity index is 2.01. The Bertz CT molecular complexity index is 413. The third kappa shape index (κ3) is 3.95. The zero-order chi connectivity index (χ0) is 14.4. The highest BCUT2D eigenvalue weighted by Crippen LogP contribution is 2.26. The summed E-state index contributed by atoms with van der Waals surface area (Å²) in [5, 5.41) is 3.45. The first-order chi connectivity index (χ1) is 9.72. The van der Waals surface area contributed by atoms with Crippen molar-refractivity contribution in [3.8, 4) is 0 Å². The van der Waals surface area contributed by atoms with Gasteiger partial charge in [-0.2, -0.15) is 0 Å². The topological polar surface area (TPSA) is 15.3 Å². The van der Waals surface area contributed by atoms with Gasteiger partial charge >= 0.3 is 0 Å². The Morgan fingerprint density at radius 2 is 2.00 bits per heavy atom. The van der Waals surface area contributed by atoms with Gasteiger partial charge in [-0.25, -0.2) is 4.39 Å². The molecule has 0 spiro atoms. The molecule has 1 aliphatic heterocycles. The van der Waals surface area contributed by atoms with Crippen LogP contribution >= 0.6 is 0 Å². The Morgan fingerprint density at radius 3 is 2.65 bits per heavy atom. The van der Waals surface area contributed by atoms with Crippen LogP contribution in [0.4, 0.5) is 10.1 Å². The lowest BCUT2D eigenvalue weighted by molar-refractivity contribution is 0.541. The predicted octanol–water partition coefficient (Wildman–Crippen LogP) is 4.27. The van der Waals surface area contributed by atoms with Crippen molar-refractivity contribution in [2.75, 3.05) is 24.5 Å². The van der Waals surface area contributed by atoms with E-state index in [0.717, 1.165) is 30.9 Å². The van der Waals surface area contributed by atoms with E-state index in [9.17, 15) is 4.39 Å². The predicted molar refractivity (Wildman–Crippen MR) is 83.8 cm³/mol. The molecule has 0 radical (unpaired) electrons. The van der Waals surface area contributed by atoms with Crippen LogP contribution < -0.4 is 10.2 Å². The van der Waals surface area contributed by atoms with E-state index < -0.39 is 0 Å². The Labute approximate surface area is 122 Å². The van der Waals surface area contributed by atoms with E-state index in [-0.39, 0.29) is 11.9 Å². The van der Waals surface area contributed by atoms with Crippen LogP contribution in [0.25, 0.3) is 0 Å². The Kier molecular flexibility index (Phi) is 5.84. The maximum Gasteiger partial charge on any atom is 0.146 e. The van der Waals surface area contributed by atoms with Gasteiger partial charge < -0.3 is 10.2 Å². The second-order valence-electron chi connectivity index (χ2n) is 5.79. The van der Waals surface area contributed by atoms with Crippen molar-refractivity contribution in [2.24, 2.45) is 0 Å². The van der Waals surface area contributed by atoms with Gasteiger partial charge in [-0.15, -0.1) is 0 Å². The van der Waals surface area contributed by atoms with Gasteiger partial charge in [0.05, 0.1) is 5.69 Å². The van der Waals surface area contributed by atoms with Crippen molar-refractivity contribution in [3.05, 3.63) is 29.6 Å². The molecule has 1 aliphatic rings. The van der Waals surface area contributed by atoms with Crippen LogP contribution in [0.2, 0.25) is 0 Å². The number of benzene rings is 1. The summed E-state index contributed by atoms with van der Waals surface area (Å²) >= 11 is 0. The number of hydrogen-bond acceptors (Lipinski definition) is 2. The molecule has 0 bridgehead atoms. The molecule has 2 nitrogen and oxygen atoms in total. The minimum absolute atomic E-state index is 0.0754. The molecule has 1 heterocycles. The molecule has 112 valence electrons. The lowest BCUT2D eigenvalue weighted by Crippen LogP contribution is -2.30. The standard InChI is InChI=1S/C17H27FN2/c1-3-4-10-19-14(2)15-8-9-17(16(18)13-15)20-11-6-5-7-12-20/h8-9,13-14,19H,3-7,10-12H2,1-2H3/t14-/m0/s1. The minimum Gasteiger partial charge on any atom is -0.369 e. The normalized spacial score (nSPS) is 17.2. The average molecular weight is 278 g/mol. The van der Waals surface area contributed by atoms with E-state index in [1.54, 1.807) is 6.07 Å². The number of hydrogen-bond donors (Lipinski definition) is 1. The number of nitrogens with one attached hydrogen (secondary N) is 1. The van der Waals surface area contributed by atoms with Gasteiger partial charge in [0.25, 0.3) is 0 Å². The van der Waals surface area contributed by atoms with Crippen LogP contribution in [-0.4, -0.2) is 19.6 Å². The molecule has 1 saturated heterocycles. The zero-order valence-electron chi connectivity index (χ0n) is 12.8. The van der Waals surface area contributed by atoms with Gasteiger partial charge in [0.1, 0.15) is 5.82 Å². The molecule has 1 atom stereocenters. The van der Waals surface area contributed by atoms with Gasteiger partial charge in [-0.05, 0) is 56.8 Å². The highest BCUT2D eigenvalue weighted by molar-refractivity contribution is 5.49. The third-order valence-corrected chi connectivity index (χ3v) is 4.15. The SMILES string of the molecule is CCCCN[C@@H](C)c1ccc(N2CCCCC2)c(F)c1. The van der Waals surface area contributed by atoms with Crippen molar-refractivity contribution < 1.29 is 4.39 Å². The molecule has 2 rings (SSSR count). The fraction of sp³-hybridized carbons (Fsp3) is 0.647. The summed E-state index contributed by atoms with van der Waals surface area (Å²) in [4.78, 5) is 2.18. The van der Waals surface area contributed by atoms with Crippen LogP contribution in [-0.2, 0) is 0 Å². The molecular formula is C17H27FN2. The molecular weight excluding hydrogens is 251 g/mol. The van der Waals surface area contributed by atoms with Crippen molar-refractivity contribution in [1.82, 2.24) is 5.32 Å². The number of nitrogens with zero attached hydrogens (tertiary/aromatic N) is 1. The average Bonchev–Trinajstić information content (AvgIpc) is 2.48. The van der Waals surface area contributed by atoms with Crippen molar-refractivity contribution in [2.45, 2.75) is 52.0 Å². The van der Waals surface area contributed by atoms with Crippen molar-refractivity contribution in [1.29, 1.82) is 0 Å². The molecule has 0 aromatic heterocycles. The summed E-state index contributed by atoms with van der Waals surface area (Å²) < 4.78 is 14.3. The van der Waals surface area contributed by atoms with Gasteiger partial charge in [0, 0.05) is 19.1 Å². The number of piperidine rings is 1. The second kappa shape index (κ2) is 7.63. The molecule has 0 unspecified atom stereocenters. The maximum absolute atomic E-state index is 14.3. The molecule has 0 amide bonds. The summed E-state index contributed by atoms with van der Waals surface area (Å²) in [6, 6.07) is 5.93. The van der Waals surface area contributed by atoms with E-state index in [0.29, 0.717) is 0 Å². The fourth-order valence-electron chi connectivity index (χ4n) is 2.80. The van der Waals surface area contributed by atoms with E-state index in [1.807, 2.05) is 6.07 Å². The lowest BCUT2D eigenvalue weighted by Gasteiger charge is -2.29. The van der Waals surface area contributed by atoms with Crippen LogP contribution in [0.1, 0.15) is 57.6 Å². The molecule has 1 aromatic carbocycles. The van der Waals surface area contributed by atoms with E-state index in [4.69, 9.17) is 0 Å². The minimum atomic E-state index is -0.0754. The molecule has 3 heteroatoms. The van der Waals surface area contributed by atoms with Crippen molar-refractivity contribution >= 4 is 5.69 Å². The molecule has 1 fully saturated rings. The van der Waals surface area contributed by atoms with Crippen molar-refractivity contribution in [3.63, 3.8) is 0 Å². The molecule has 0 saturated carbocycles. The molecule has 0 aliphatic carbocycles. The van der Waals surface area contributed by atoms with Gasteiger partial charge in [0.2, 0.25) is 0 Å². The summed E-state index contributed by atoms with van der Waals surface area (Å²) in [5.41, 5.74) is 1.81. The second-order valence-corrected chi connectivity index (χ2v) is 5.79. The van der Waals surface area contributed by atoms with Crippen LogP contribution in [0.15, 0.2) is 18.2 Å². The zero-order valence-corrected chi connectivity index (χ0v) is 12.8. The van der Waals surface area contributed by atoms with E-state index in [2.05, 4.69) is 30.1 Å². The van der Waals surface area contributed by atoms with Gasteiger partial charge in [-0.1, -0.05) is 19.4 Å². The maximum atomic E-state index is 14.3. The first kappa shape index (κ1) is 15.3. The summed E-state index contributed by atoms with van der Waals surface area (Å²) in [6.45, 7) is 7.25. The summed E-state index contributed by atoms with van der Waals surface area (Å²) in [5.74, 6) is -0.0754. The number of halogens is 1. The fourth-order valence-corrected chi connectivity index (χ4v) is 2.80. The van der Waals surface area contributed by atoms with E-state index >= 15 is 0 Å². The largest absolute Gasteiger partial charge is 0.369 e. The first-order valence-electron chi connectivity index (χ1n) is 8.00. The molecule has 1 aromatic rings. The third-order valence-electron chi connectivity index (χ3n) is 4.15. The Morgan fingerprint density at radius 1 is 1.25 bits per heavy atom. The first-order valence-corrected chi connectivity index (χ1v) is 8.00. The van der Waals surface area contributed by atoms with Crippen LogP contribution in [0.5, 0.6) is 0 Å². The highest BCUT2D eigenvalue weighted by Gasteiger charge is 2.16. The lowest BCUT2D eigenvalue weighted by atomic mass is 10.1. The molecule has 1 N–H and O–H groups in total. The summed E-state index contributed by atoms with van der Waals surface area (Å²) in [6.07, 6.45) is 5.97. The number of unbranched alkanes of at least 4 members (excludes halogenated alkanes) is 1. The quantitative estimate of drug-likeness (QED) is 0.782. The van der Waals surface area contributed by atoms with Crippen LogP contribution in [0, 0.1) is 5.82 Å². The Hall–Kier alpha value is -1.09. The van der Waals surface area contributed by atoms with Gasteiger partial charge in [0.15, 0.2) is 0 Å². The number of anilines is 1. The number of rotatable bonds is 6. The van der Waals surface area contributed by atoms with Crippen LogP contribution in [0.3, 0.4) is 0 Å². The monoisotopic (exact) mass is 278 g/mol.